The summed E-state index contributed by atoms with van der Waals surface area (Å²) in [5.41, 5.74) is 2.88. The van der Waals surface area contributed by atoms with Crippen LogP contribution in [0.15, 0.2) is 47.4 Å². The second-order valence-electron chi connectivity index (χ2n) is 6.76. The molecule has 1 aliphatic heterocycles. The Morgan fingerprint density at radius 1 is 1.10 bits per heavy atom. The average Bonchev–Trinajstić information content (AvgIpc) is 3.01. The molecule has 0 N–H and O–H groups in total. The Bertz CT molecular complexity index is 1020. The number of benzene rings is 2. The molecule has 7 nitrogen and oxygen atoms in total. The third-order valence-electron chi connectivity index (χ3n) is 4.47. The first-order chi connectivity index (χ1) is 14.9. The normalized spacial score (nSPS) is 14.8. The molecule has 0 atom stereocenters. The number of methoxy groups -OCH3 is 1. The number of hydrogen-bond acceptors (Lipinski definition) is 7. The van der Waals surface area contributed by atoms with Crippen LogP contribution in [0.4, 0.5) is 4.79 Å². The van der Waals surface area contributed by atoms with Crippen LogP contribution in [0.2, 0.25) is 0 Å². The van der Waals surface area contributed by atoms with Crippen molar-refractivity contribution in [3.05, 3.63) is 64.1 Å². The minimum atomic E-state index is -0.622. The quantitative estimate of drug-likeness (QED) is 0.449. The highest BCUT2D eigenvalue weighted by atomic mass is 32.2. The van der Waals surface area contributed by atoms with Crippen molar-refractivity contribution in [2.75, 3.05) is 20.3 Å². The molecule has 0 bridgehead atoms. The fourth-order valence-corrected chi connectivity index (χ4v) is 3.70. The third kappa shape index (κ3) is 5.67. The molecule has 0 unspecified atom stereocenters. The number of esters is 1. The van der Waals surface area contributed by atoms with Gasteiger partial charge in [0.2, 0.25) is 0 Å². The monoisotopic (exact) mass is 441 g/mol. The van der Waals surface area contributed by atoms with Gasteiger partial charge in [0.1, 0.15) is 13.2 Å². The number of aryl methyl sites for hydroxylation is 1. The lowest BCUT2D eigenvalue weighted by Crippen LogP contribution is -2.34. The highest BCUT2D eigenvalue weighted by Crippen LogP contribution is 2.34. The Balaban J connectivity index is 1.72. The van der Waals surface area contributed by atoms with Gasteiger partial charge in [-0.25, -0.2) is 0 Å². The first-order valence-electron chi connectivity index (χ1n) is 9.68. The Morgan fingerprint density at radius 2 is 1.84 bits per heavy atom. The molecule has 0 aliphatic carbocycles. The number of amides is 2. The Morgan fingerprint density at radius 3 is 2.52 bits per heavy atom. The van der Waals surface area contributed by atoms with Gasteiger partial charge in [0.05, 0.1) is 18.6 Å². The molecule has 2 amide bonds. The molecule has 3 rings (SSSR count). The van der Waals surface area contributed by atoms with Crippen LogP contribution in [-0.4, -0.2) is 42.3 Å². The van der Waals surface area contributed by atoms with E-state index >= 15 is 0 Å². The van der Waals surface area contributed by atoms with Gasteiger partial charge in [-0.05, 0) is 54.9 Å². The van der Waals surface area contributed by atoms with Gasteiger partial charge >= 0.3 is 5.97 Å². The highest BCUT2D eigenvalue weighted by molar-refractivity contribution is 8.18. The van der Waals surface area contributed by atoms with Gasteiger partial charge in [-0.15, -0.1) is 0 Å². The zero-order valence-electron chi connectivity index (χ0n) is 17.5. The average molecular weight is 442 g/mol. The van der Waals surface area contributed by atoms with Crippen LogP contribution < -0.4 is 9.47 Å². The minimum Gasteiger partial charge on any atom is -0.493 e. The molecule has 1 heterocycles. The van der Waals surface area contributed by atoms with Crippen molar-refractivity contribution in [2.24, 2.45) is 0 Å². The van der Waals surface area contributed by atoms with E-state index in [1.807, 2.05) is 31.2 Å². The summed E-state index contributed by atoms with van der Waals surface area (Å²) in [4.78, 5) is 37.4. The molecule has 8 heteroatoms. The Labute approximate surface area is 185 Å². The lowest BCUT2D eigenvalue weighted by atomic mass is 10.1. The topological polar surface area (TPSA) is 82.1 Å². The van der Waals surface area contributed by atoms with E-state index in [0.717, 1.165) is 22.2 Å². The van der Waals surface area contributed by atoms with Crippen LogP contribution in [-0.2, 0) is 20.9 Å². The molecule has 0 spiro atoms. The minimum absolute atomic E-state index is 0.184. The standard InChI is InChI=1S/C23H23NO6S/c1-4-29-21(25)13-24-22(26)20(31-23(24)27)12-17-9-10-18(19(11-17)28-3)30-14-16-7-5-15(2)6-8-16/h5-12H,4,13-14H2,1-3H3/b20-12+. The van der Waals surface area contributed by atoms with Crippen molar-refractivity contribution >= 4 is 35.0 Å². The van der Waals surface area contributed by atoms with E-state index in [1.165, 1.54) is 12.7 Å². The van der Waals surface area contributed by atoms with Crippen LogP contribution in [0, 0.1) is 6.92 Å². The fourth-order valence-electron chi connectivity index (χ4n) is 2.86. The summed E-state index contributed by atoms with van der Waals surface area (Å²) in [7, 11) is 1.53. The molecular weight excluding hydrogens is 418 g/mol. The molecule has 2 aromatic rings. The third-order valence-corrected chi connectivity index (χ3v) is 5.37. The van der Waals surface area contributed by atoms with Crippen LogP contribution in [0.25, 0.3) is 6.08 Å². The smallest absolute Gasteiger partial charge is 0.326 e. The SMILES string of the molecule is CCOC(=O)CN1C(=O)S/C(=C/c2ccc(OCc3ccc(C)cc3)c(OC)c2)C1=O. The van der Waals surface area contributed by atoms with Crippen LogP contribution in [0.3, 0.4) is 0 Å². The van der Waals surface area contributed by atoms with E-state index in [9.17, 15) is 14.4 Å². The lowest BCUT2D eigenvalue weighted by Gasteiger charge is -2.12. The number of nitrogens with zero attached hydrogens (tertiary/aromatic N) is 1. The van der Waals surface area contributed by atoms with Crippen LogP contribution in [0.1, 0.15) is 23.6 Å². The summed E-state index contributed by atoms with van der Waals surface area (Å²) >= 11 is 0.782. The molecule has 0 radical (unpaired) electrons. The van der Waals surface area contributed by atoms with Crippen molar-refractivity contribution in [1.82, 2.24) is 4.90 Å². The maximum atomic E-state index is 12.5. The van der Waals surface area contributed by atoms with Gasteiger partial charge in [-0.1, -0.05) is 35.9 Å². The molecule has 2 aromatic carbocycles. The predicted molar refractivity (Wildman–Crippen MR) is 118 cm³/mol. The van der Waals surface area contributed by atoms with Crippen molar-refractivity contribution in [3.8, 4) is 11.5 Å². The zero-order valence-corrected chi connectivity index (χ0v) is 18.4. The fraction of sp³-hybridized carbons (Fsp3) is 0.261. The van der Waals surface area contributed by atoms with E-state index in [4.69, 9.17) is 14.2 Å². The van der Waals surface area contributed by atoms with Gasteiger partial charge < -0.3 is 14.2 Å². The Hall–Kier alpha value is -3.26. The first-order valence-corrected chi connectivity index (χ1v) is 10.5. The summed E-state index contributed by atoms with van der Waals surface area (Å²) in [5.74, 6) is -0.0771. The summed E-state index contributed by atoms with van der Waals surface area (Å²) in [6, 6.07) is 13.3. The van der Waals surface area contributed by atoms with Gasteiger partial charge in [0.25, 0.3) is 11.1 Å². The molecule has 1 saturated heterocycles. The highest BCUT2D eigenvalue weighted by Gasteiger charge is 2.36. The number of ether oxygens (including phenoxy) is 3. The zero-order chi connectivity index (χ0) is 22.4. The molecular formula is C23H23NO6S. The van der Waals surface area contributed by atoms with Crippen LogP contribution >= 0.6 is 11.8 Å². The van der Waals surface area contributed by atoms with Gasteiger partial charge in [0, 0.05) is 0 Å². The Kier molecular flexibility index (Phi) is 7.36. The molecule has 162 valence electrons. The van der Waals surface area contributed by atoms with E-state index in [2.05, 4.69) is 0 Å². The van der Waals surface area contributed by atoms with Crippen molar-refractivity contribution in [3.63, 3.8) is 0 Å². The molecule has 0 saturated carbocycles. The molecule has 0 aromatic heterocycles. The van der Waals surface area contributed by atoms with Crippen LogP contribution in [0.5, 0.6) is 11.5 Å². The molecule has 1 fully saturated rings. The second-order valence-corrected chi connectivity index (χ2v) is 7.75. The van der Waals surface area contributed by atoms with E-state index < -0.39 is 23.7 Å². The number of rotatable bonds is 8. The molecule has 31 heavy (non-hydrogen) atoms. The number of thioether (sulfide) groups is 1. The van der Waals surface area contributed by atoms with E-state index in [1.54, 1.807) is 31.2 Å². The van der Waals surface area contributed by atoms with Crippen molar-refractivity contribution in [2.45, 2.75) is 20.5 Å². The van der Waals surface area contributed by atoms with E-state index in [0.29, 0.717) is 23.7 Å². The largest absolute Gasteiger partial charge is 0.493 e. The number of carbonyl (C=O) groups is 3. The van der Waals surface area contributed by atoms with Crippen molar-refractivity contribution in [1.29, 1.82) is 0 Å². The second kappa shape index (κ2) is 10.2. The summed E-state index contributed by atoms with van der Waals surface area (Å²) in [5, 5.41) is -0.505. The molecule has 1 aliphatic rings. The first kappa shape index (κ1) is 22.4. The summed E-state index contributed by atoms with van der Waals surface area (Å²) < 4.78 is 16.1. The van der Waals surface area contributed by atoms with Gasteiger partial charge in [0.15, 0.2) is 11.5 Å². The maximum absolute atomic E-state index is 12.5. The van der Waals surface area contributed by atoms with Gasteiger partial charge in [-0.2, -0.15) is 0 Å². The number of carbonyl (C=O) groups excluding carboxylic acids is 3. The predicted octanol–water partition coefficient (Wildman–Crippen LogP) is 4.18. The maximum Gasteiger partial charge on any atom is 0.326 e. The number of hydrogen-bond donors (Lipinski definition) is 0. The summed E-state index contributed by atoms with van der Waals surface area (Å²) in [6.45, 7) is 3.86. The van der Waals surface area contributed by atoms with Gasteiger partial charge in [-0.3, -0.25) is 19.3 Å². The van der Waals surface area contributed by atoms with E-state index in [-0.39, 0.29) is 11.5 Å². The van der Waals surface area contributed by atoms with Crippen molar-refractivity contribution < 1.29 is 28.6 Å². The number of imide groups is 1. The lowest BCUT2D eigenvalue weighted by molar-refractivity contribution is -0.145. The summed E-state index contributed by atoms with van der Waals surface area (Å²) in [6.07, 6.45) is 1.59.